The number of aliphatic hydroxyl groups is 2. The number of anilines is 2. The molecular weight excluding hydrogens is 740 g/mol. The van der Waals surface area contributed by atoms with Gasteiger partial charge >= 0.3 is 18.3 Å². The van der Waals surface area contributed by atoms with Gasteiger partial charge in [0.25, 0.3) is 0 Å². The smallest absolute Gasteiger partial charge is 0.417 e. The van der Waals surface area contributed by atoms with Crippen LogP contribution < -0.4 is 33.2 Å². The number of aromatic nitrogens is 1. The third kappa shape index (κ3) is 8.71. The highest BCUT2D eigenvalue weighted by atomic mass is 19.4. The van der Waals surface area contributed by atoms with E-state index in [-0.39, 0.29) is 35.5 Å². The number of fused-ring (bicyclic) bond motifs is 3. The minimum absolute atomic E-state index is 0.00788. The van der Waals surface area contributed by atoms with Crippen molar-refractivity contribution in [1.29, 1.82) is 0 Å². The number of benzene rings is 4. The van der Waals surface area contributed by atoms with Gasteiger partial charge in [0, 0.05) is 35.8 Å². The average Bonchev–Trinajstić information content (AvgIpc) is 3.47. The number of nitrogens with two attached hydrogens (primary N) is 4. The van der Waals surface area contributed by atoms with Gasteiger partial charge in [0.1, 0.15) is 0 Å². The SMILES string of the molecule is CO.N/C(=C\N(N)c1ccc(C=O)c(C(F)(F)F)c1)c1ccc2c(c1)c1cc(/C(N)=C/N(N)c3ccc(C(=O)O)c(C(F)(F)F)c3)ccc1n2C(=O)CCO. The third-order valence-corrected chi connectivity index (χ3v) is 8.17. The Bertz CT molecular complexity index is 2340. The minimum atomic E-state index is -4.99. The molecule has 5 aromatic rings. The van der Waals surface area contributed by atoms with Crippen molar-refractivity contribution >= 4 is 62.7 Å². The van der Waals surface area contributed by atoms with E-state index in [1.807, 2.05) is 0 Å². The summed E-state index contributed by atoms with van der Waals surface area (Å²) in [5.41, 5.74) is 9.45. The molecule has 5 rings (SSSR count). The van der Waals surface area contributed by atoms with Crippen LogP contribution >= 0.6 is 0 Å². The highest BCUT2D eigenvalue weighted by Gasteiger charge is 2.36. The average molecular weight is 774 g/mol. The molecule has 0 saturated heterocycles. The molecule has 1 aromatic heterocycles. The van der Waals surface area contributed by atoms with E-state index in [1.165, 1.54) is 22.8 Å². The van der Waals surface area contributed by atoms with Crippen LogP contribution in [0, 0.1) is 0 Å². The number of hydrogen-bond acceptors (Lipinski definition) is 11. The molecule has 4 aromatic carbocycles. The summed E-state index contributed by atoms with van der Waals surface area (Å²) in [5, 5.41) is 28.2. The van der Waals surface area contributed by atoms with Crippen LogP contribution in [0.5, 0.6) is 0 Å². The van der Waals surface area contributed by atoms with Gasteiger partial charge in [-0.05, 0) is 71.8 Å². The van der Waals surface area contributed by atoms with Gasteiger partial charge in [0.05, 0.1) is 63.5 Å². The molecule has 0 radical (unpaired) electrons. The van der Waals surface area contributed by atoms with Gasteiger partial charge in [-0.1, -0.05) is 12.1 Å². The molecule has 0 bridgehead atoms. The number of carbonyl (C=O) groups is 3. The standard InChI is InChI=1S/C35H29F6N7O5.CH4O/c36-34(37,38)26-13-21(4-1-20(26)17-50)46(44)15-28(42)18-2-7-30-24(11-18)25-12-19(3-8-31(25)48(30)32(51)9-10-49)29(43)16-47(45)22-5-6-23(33(52)53)27(14-22)35(39,40)41;1-2/h1-8,11-17,49H,9-10,42-45H2,(H,52,53);2H,1H3/b28-15-,29-16-;. The largest absolute Gasteiger partial charge is 0.478 e. The zero-order chi connectivity index (χ0) is 41.0. The summed E-state index contributed by atoms with van der Waals surface area (Å²) in [6.07, 6.45) is -7.72. The molecule has 290 valence electrons. The topological polar surface area (TPSA) is 227 Å². The van der Waals surface area contributed by atoms with E-state index in [0.29, 0.717) is 45.1 Å². The zero-order valence-corrected chi connectivity index (χ0v) is 28.6. The number of aliphatic hydroxyl groups excluding tert-OH is 2. The Morgan fingerprint density at radius 1 is 0.727 bits per heavy atom. The lowest BCUT2D eigenvalue weighted by Gasteiger charge is -2.18. The van der Waals surface area contributed by atoms with Crippen LogP contribution in [0.4, 0.5) is 37.7 Å². The summed E-state index contributed by atoms with van der Waals surface area (Å²) < 4.78 is 82.7. The van der Waals surface area contributed by atoms with E-state index in [0.717, 1.165) is 47.7 Å². The fourth-order valence-corrected chi connectivity index (χ4v) is 5.62. The second-order valence-corrected chi connectivity index (χ2v) is 11.6. The van der Waals surface area contributed by atoms with Gasteiger partial charge in [0.15, 0.2) is 6.29 Å². The van der Waals surface area contributed by atoms with Crippen molar-refractivity contribution in [2.45, 2.75) is 18.8 Å². The van der Waals surface area contributed by atoms with Crippen molar-refractivity contribution in [3.63, 3.8) is 0 Å². The molecule has 0 amide bonds. The van der Waals surface area contributed by atoms with Crippen LogP contribution in [-0.4, -0.2) is 51.8 Å². The molecule has 11 N–H and O–H groups in total. The van der Waals surface area contributed by atoms with Gasteiger partial charge < -0.3 is 26.8 Å². The summed E-state index contributed by atoms with van der Waals surface area (Å²) in [4.78, 5) is 35.6. The van der Waals surface area contributed by atoms with Crippen molar-refractivity contribution < 1.29 is 56.0 Å². The first-order chi connectivity index (χ1) is 25.8. The molecule has 0 spiro atoms. The van der Waals surface area contributed by atoms with Crippen LogP contribution in [0.1, 0.15) is 54.2 Å². The Hall–Kier alpha value is -6.41. The normalized spacial score (nSPS) is 12.3. The maximum Gasteiger partial charge on any atom is 0.417 e. The first-order valence-corrected chi connectivity index (χ1v) is 15.7. The second kappa shape index (κ2) is 16.3. The molecule has 13 nitrogen and oxygen atoms in total. The van der Waals surface area contributed by atoms with Crippen LogP contribution in [-0.2, 0) is 12.4 Å². The van der Waals surface area contributed by atoms with Crippen molar-refractivity contribution in [1.82, 2.24) is 4.57 Å². The monoisotopic (exact) mass is 773 g/mol. The first-order valence-electron chi connectivity index (χ1n) is 15.7. The maximum absolute atomic E-state index is 13.6. The lowest BCUT2D eigenvalue weighted by Crippen LogP contribution is -2.26. The first kappa shape index (κ1) is 41.3. The fourth-order valence-electron chi connectivity index (χ4n) is 5.62. The van der Waals surface area contributed by atoms with Crippen molar-refractivity contribution in [2.24, 2.45) is 23.2 Å². The number of carboxylic acids is 1. The van der Waals surface area contributed by atoms with E-state index in [9.17, 15) is 50.9 Å². The number of hydrogen-bond donors (Lipinski definition) is 7. The fraction of sp³-hybridized carbons (Fsp3) is 0.139. The van der Waals surface area contributed by atoms with E-state index in [2.05, 4.69) is 0 Å². The van der Waals surface area contributed by atoms with Crippen LogP contribution in [0.15, 0.2) is 85.2 Å². The molecule has 55 heavy (non-hydrogen) atoms. The van der Waals surface area contributed by atoms with Gasteiger partial charge in [-0.15, -0.1) is 0 Å². The molecule has 0 saturated carbocycles. The van der Waals surface area contributed by atoms with Crippen molar-refractivity contribution in [3.05, 3.63) is 119 Å². The lowest BCUT2D eigenvalue weighted by atomic mass is 10.0. The van der Waals surface area contributed by atoms with Crippen LogP contribution in [0.2, 0.25) is 0 Å². The summed E-state index contributed by atoms with van der Waals surface area (Å²) in [6.45, 7) is -0.451. The maximum atomic E-state index is 13.6. The highest BCUT2D eigenvalue weighted by Crippen LogP contribution is 2.37. The molecule has 0 aliphatic heterocycles. The second-order valence-electron chi connectivity index (χ2n) is 11.6. The predicted octanol–water partition coefficient (Wildman–Crippen LogP) is 5.25. The van der Waals surface area contributed by atoms with Gasteiger partial charge in [-0.2, -0.15) is 26.3 Å². The quantitative estimate of drug-likeness (QED) is 0.0418. The Kier molecular flexibility index (Phi) is 12.3. The predicted molar refractivity (Wildman–Crippen MR) is 193 cm³/mol. The zero-order valence-electron chi connectivity index (χ0n) is 28.6. The van der Waals surface area contributed by atoms with E-state index in [4.69, 9.17) is 28.3 Å². The number of hydrazine groups is 2. The Labute approximate surface area is 307 Å². The molecule has 0 atom stereocenters. The van der Waals surface area contributed by atoms with Gasteiger partial charge in [-0.25, -0.2) is 16.5 Å². The van der Waals surface area contributed by atoms with Crippen LogP contribution in [0.25, 0.3) is 33.2 Å². The molecule has 0 fully saturated rings. The number of halogens is 6. The van der Waals surface area contributed by atoms with Gasteiger partial charge in [0.2, 0.25) is 5.91 Å². The molecule has 1 heterocycles. The number of aromatic carboxylic acids is 1. The third-order valence-electron chi connectivity index (χ3n) is 8.17. The number of nitrogens with zero attached hydrogens (tertiary/aromatic N) is 3. The summed E-state index contributed by atoms with van der Waals surface area (Å²) in [6, 6.07) is 14.6. The number of rotatable bonds is 10. The van der Waals surface area contributed by atoms with E-state index < -0.39 is 53.1 Å². The van der Waals surface area contributed by atoms with Crippen molar-refractivity contribution in [3.8, 4) is 0 Å². The number of alkyl halides is 6. The lowest BCUT2D eigenvalue weighted by molar-refractivity contribution is -0.138. The molecule has 0 aliphatic carbocycles. The van der Waals surface area contributed by atoms with Crippen LogP contribution in [0.3, 0.4) is 0 Å². The summed E-state index contributed by atoms with van der Waals surface area (Å²) in [5.74, 6) is 9.80. The Morgan fingerprint density at radius 3 is 1.60 bits per heavy atom. The molecular formula is C36H33F6N7O6. The Balaban J connectivity index is 0.00000331. The molecule has 19 heteroatoms. The van der Waals surface area contributed by atoms with E-state index in [1.54, 1.807) is 24.3 Å². The van der Waals surface area contributed by atoms with Gasteiger partial charge in [-0.3, -0.25) is 24.2 Å². The number of aldehydes is 1. The number of carboxylic acid groups (broad SMARTS) is 1. The summed E-state index contributed by atoms with van der Waals surface area (Å²) in [7, 11) is 1.00. The van der Waals surface area contributed by atoms with E-state index >= 15 is 0 Å². The Morgan fingerprint density at radius 2 is 1.18 bits per heavy atom. The molecule has 0 aliphatic rings. The van der Waals surface area contributed by atoms with Crippen molar-refractivity contribution in [2.75, 3.05) is 23.7 Å². The number of carbonyl (C=O) groups excluding carboxylic acids is 2. The summed E-state index contributed by atoms with van der Waals surface area (Å²) >= 11 is 0. The highest BCUT2D eigenvalue weighted by molar-refractivity contribution is 6.14. The minimum Gasteiger partial charge on any atom is -0.478 e. The molecule has 0 unspecified atom stereocenters.